The molecule has 0 atom stereocenters. The number of nitrogens with one attached hydrogen (secondary N) is 2. The van der Waals surface area contributed by atoms with Crippen LogP contribution in [-0.4, -0.2) is 19.9 Å². The summed E-state index contributed by atoms with van der Waals surface area (Å²) in [4.78, 5) is 16.2. The van der Waals surface area contributed by atoms with Gasteiger partial charge in [0.05, 0.1) is 10.7 Å². The van der Waals surface area contributed by atoms with Crippen molar-refractivity contribution in [2.24, 2.45) is 0 Å². The Bertz CT molecular complexity index is 964. The van der Waals surface area contributed by atoms with Gasteiger partial charge in [0.1, 0.15) is 11.5 Å². The van der Waals surface area contributed by atoms with Gasteiger partial charge in [0.15, 0.2) is 0 Å². The maximum Gasteiger partial charge on any atom is 0.140 e. The van der Waals surface area contributed by atoms with Crippen molar-refractivity contribution in [1.82, 2.24) is 19.9 Å². The van der Waals surface area contributed by atoms with Gasteiger partial charge < -0.3 is 10.3 Å². The smallest absolute Gasteiger partial charge is 0.140 e. The Morgan fingerprint density at radius 1 is 1.08 bits per heavy atom. The number of nitrogens with zero attached hydrogens (tertiary/aromatic N) is 3. The molecule has 0 fully saturated rings. The SMILES string of the molecule is Clc1ccc(-c2cc(NCc3ccncc3)nc3[nH]ccc23)nc1. The summed E-state index contributed by atoms with van der Waals surface area (Å²) in [6, 6.07) is 11.7. The number of hydrogen-bond acceptors (Lipinski definition) is 4. The highest BCUT2D eigenvalue weighted by Gasteiger charge is 2.10. The number of fused-ring (bicyclic) bond motifs is 1. The molecule has 2 N–H and O–H groups in total. The summed E-state index contributed by atoms with van der Waals surface area (Å²) < 4.78 is 0. The predicted octanol–water partition coefficient (Wildman–Crippen LogP) is 4.29. The van der Waals surface area contributed by atoms with E-state index in [-0.39, 0.29) is 0 Å². The number of aromatic nitrogens is 4. The van der Waals surface area contributed by atoms with Crippen molar-refractivity contribution in [2.75, 3.05) is 5.32 Å². The quantitative estimate of drug-likeness (QED) is 0.584. The standard InChI is InChI=1S/C18H14ClN5/c19-13-1-2-16(22-11-13)15-9-17(24-18-14(15)5-8-21-18)23-10-12-3-6-20-7-4-12/h1-9,11H,10H2,(H2,21,23,24). The van der Waals surface area contributed by atoms with Crippen LogP contribution in [0.4, 0.5) is 5.82 Å². The molecule has 0 amide bonds. The lowest BCUT2D eigenvalue weighted by Gasteiger charge is -2.09. The van der Waals surface area contributed by atoms with Crippen molar-refractivity contribution in [3.05, 3.63) is 71.8 Å². The molecule has 4 aromatic rings. The van der Waals surface area contributed by atoms with E-state index >= 15 is 0 Å². The van der Waals surface area contributed by atoms with Crippen LogP contribution >= 0.6 is 11.6 Å². The van der Waals surface area contributed by atoms with Crippen molar-refractivity contribution in [3.63, 3.8) is 0 Å². The number of H-pyrrole nitrogens is 1. The van der Waals surface area contributed by atoms with E-state index in [0.29, 0.717) is 11.6 Å². The molecular formula is C18H14ClN5. The second kappa shape index (κ2) is 6.29. The first-order valence-corrected chi connectivity index (χ1v) is 7.90. The fourth-order valence-electron chi connectivity index (χ4n) is 2.57. The molecule has 6 heteroatoms. The Balaban J connectivity index is 1.71. The predicted molar refractivity (Wildman–Crippen MR) is 95.9 cm³/mol. The maximum absolute atomic E-state index is 5.95. The Morgan fingerprint density at radius 2 is 1.96 bits per heavy atom. The molecule has 0 aliphatic carbocycles. The van der Waals surface area contributed by atoms with Crippen LogP contribution in [0.5, 0.6) is 0 Å². The monoisotopic (exact) mass is 335 g/mol. The molecule has 0 bridgehead atoms. The van der Waals surface area contributed by atoms with Crippen molar-refractivity contribution in [1.29, 1.82) is 0 Å². The van der Waals surface area contributed by atoms with Crippen LogP contribution < -0.4 is 5.32 Å². The second-order valence-corrected chi connectivity index (χ2v) is 5.80. The highest BCUT2D eigenvalue weighted by molar-refractivity contribution is 6.30. The molecule has 4 rings (SSSR count). The summed E-state index contributed by atoms with van der Waals surface area (Å²) in [6.07, 6.45) is 7.09. The molecule has 0 saturated heterocycles. The van der Waals surface area contributed by atoms with Crippen molar-refractivity contribution in [3.8, 4) is 11.3 Å². The highest BCUT2D eigenvalue weighted by atomic mass is 35.5. The zero-order valence-electron chi connectivity index (χ0n) is 12.7. The Hall–Kier alpha value is -2.92. The lowest BCUT2D eigenvalue weighted by Crippen LogP contribution is -2.02. The van der Waals surface area contributed by atoms with Crippen LogP contribution in [0.3, 0.4) is 0 Å². The molecule has 118 valence electrons. The molecule has 0 unspecified atom stereocenters. The van der Waals surface area contributed by atoms with Crippen LogP contribution in [0.15, 0.2) is 61.2 Å². The summed E-state index contributed by atoms with van der Waals surface area (Å²) >= 11 is 5.95. The van der Waals surface area contributed by atoms with Gasteiger partial charge in [-0.25, -0.2) is 4.98 Å². The number of anilines is 1. The summed E-state index contributed by atoms with van der Waals surface area (Å²) in [5.41, 5.74) is 3.83. The number of aromatic amines is 1. The molecule has 4 heterocycles. The molecule has 4 aromatic heterocycles. The van der Waals surface area contributed by atoms with Crippen molar-refractivity contribution >= 4 is 28.5 Å². The van der Waals surface area contributed by atoms with Crippen LogP contribution in [-0.2, 0) is 6.54 Å². The number of hydrogen-bond donors (Lipinski definition) is 2. The molecule has 0 aromatic carbocycles. The average molecular weight is 336 g/mol. The first-order chi connectivity index (χ1) is 11.8. The fourth-order valence-corrected chi connectivity index (χ4v) is 2.68. The van der Waals surface area contributed by atoms with Crippen LogP contribution in [0.2, 0.25) is 5.02 Å². The summed E-state index contributed by atoms with van der Waals surface area (Å²) in [7, 11) is 0. The number of halogens is 1. The van der Waals surface area contributed by atoms with Crippen LogP contribution in [0.25, 0.3) is 22.3 Å². The van der Waals surface area contributed by atoms with Gasteiger partial charge in [-0.3, -0.25) is 9.97 Å². The minimum absolute atomic E-state index is 0.620. The largest absolute Gasteiger partial charge is 0.366 e. The lowest BCUT2D eigenvalue weighted by molar-refractivity contribution is 1.10. The van der Waals surface area contributed by atoms with Gasteiger partial charge in [-0.1, -0.05) is 11.6 Å². The zero-order valence-corrected chi connectivity index (χ0v) is 13.5. The van der Waals surface area contributed by atoms with E-state index < -0.39 is 0 Å². The van der Waals surface area contributed by atoms with Gasteiger partial charge >= 0.3 is 0 Å². The van der Waals surface area contributed by atoms with Gasteiger partial charge in [-0.15, -0.1) is 0 Å². The van der Waals surface area contributed by atoms with E-state index in [1.807, 2.05) is 42.6 Å². The summed E-state index contributed by atoms with van der Waals surface area (Å²) in [6.45, 7) is 0.676. The Kier molecular flexibility index (Phi) is 3.84. The third-order valence-electron chi connectivity index (χ3n) is 3.75. The second-order valence-electron chi connectivity index (χ2n) is 5.37. The minimum Gasteiger partial charge on any atom is -0.366 e. The fraction of sp³-hybridized carbons (Fsp3) is 0.0556. The molecule has 0 saturated carbocycles. The number of rotatable bonds is 4. The molecule has 24 heavy (non-hydrogen) atoms. The van der Waals surface area contributed by atoms with E-state index in [1.54, 1.807) is 18.6 Å². The molecule has 0 spiro atoms. The third-order valence-corrected chi connectivity index (χ3v) is 3.98. The Morgan fingerprint density at radius 3 is 2.75 bits per heavy atom. The van der Waals surface area contributed by atoms with E-state index in [9.17, 15) is 0 Å². The summed E-state index contributed by atoms with van der Waals surface area (Å²) in [5.74, 6) is 0.786. The van der Waals surface area contributed by atoms with Gasteiger partial charge in [-0.05, 0) is 42.0 Å². The van der Waals surface area contributed by atoms with E-state index in [0.717, 1.165) is 33.7 Å². The molecular weight excluding hydrogens is 322 g/mol. The molecule has 0 radical (unpaired) electrons. The third kappa shape index (κ3) is 2.94. The first-order valence-electron chi connectivity index (χ1n) is 7.52. The number of pyridine rings is 3. The molecule has 0 aliphatic heterocycles. The van der Waals surface area contributed by atoms with E-state index in [1.165, 1.54) is 0 Å². The van der Waals surface area contributed by atoms with Crippen molar-refractivity contribution < 1.29 is 0 Å². The maximum atomic E-state index is 5.95. The average Bonchev–Trinajstić information content (AvgIpc) is 3.09. The van der Waals surface area contributed by atoms with E-state index in [2.05, 4.69) is 25.3 Å². The van der Waals surface area contributed by atoms with Gasteiger partial charge in [0.2, 0.25) is 0 Å². The first kappa shape index (κ1) is 14.7. The Labute approximate surface area is 143 Å². The molecule has 0 aliphatic rings. The normalized spacial score (nSPS) is 10.9. The highest BCUT2D eigenvalue weighted by Crippen LogP contribution is 2.29. The van der Waals surface area contributed by atoms with Crippen molar-refractivity contribution in [2.45, 2.75) is 6.54 Å². The minimum atomic E-state index is 0.620. The van der Waals surface area contributed by atoms with Gasteiger partial charge in [0, 0.05) is 42.3 Å². The van der Waals surface area contributed by atoms with Crippen LogP contribution in [0.1, 0.15) is 5.56 Å². The van der Waals surface area contributed by atoms with Crippen LogP contribution in [0, 0.1) is 0 Å². The lowest BCUT2D eigenvalue weighted by atomic mass is 10.1. The van der Waals surface area contributed by atoms with E-state index in [4.69, 9.17) is 11.6 Å². The van der Waals surface area contributed by atoms with Gasteiger partial charge in [-0.2, -0.15) is 0 Å². The zero-order chi connectivity index (χ0) is 16.4. The topological polar surface area (TPSA) is 66.5 Å². The molecule has 5 nitrogen and oxygen atoms in total. The summed E-state index contributed by atoms with van der Waals surface area (Å²) in [5, 5.41) is 5.00. The van der Waals surface area contributed by atoms with Gasteiger partial charge in [0.25, 0.3) is 0 Å².